The molecule has 0 radical (unpaired) electrons. The van der Waals surface area contributed by atoms with Crippen LogP contribution < -0.4 is 10.6 Å². The van der Waals surface area contributed by atoms with Crippen LogP contribution in [-0.2, 0) is 4.79 Å². The van der Waals surface area contributed by atoms with Gasteiger partial charge >= 0.3 is 0 Å². The van der Waals surface area contributed by atoms with E-state index >= 15 is 0 Å². The van der Waals surface area contributed by atoms with Gasteiger partial charge in [0.05, 0.1) is 0 Å². The molecule has 1 amide bonds. The Balaban J connectivity index is 1.95. The second kappa shape index (κ2) is 10.0. The number of benzene rings is 2. The first-order valence-electron chi connectivity index (χ1n) is 9.39. The quantitative estimate of drug-likeness (QED) is 0.488. The van der Waals surface area contributed by atoms with Crippen LogP contribution in [0.25, 0.3) is 6.08 Å². The number of carbonyl (C=O) groups excluding carboxylic acids is 1. The Morgan fingerprint density at radius 2 is 1.74 bits per heavy atom. The minimum absolute atomic E-state index is 0.249. The van der Waals surface area contributed by atoms with E-state index in [2.05, 4.69) is 56.5 Å². The van der Waals surface area contributed by atoms with E-state index in [4.69, 9.17) is 12.2 Å². The van der Waals surface area contributed by atoms with Crippen molar-refractivity contribution in [2.24, 2.45) is 0 Å². The van der Waals surface area contributed by atoms with E-state index < -0.39 is 0 Å². The first-order chi connectivity index (χ1) is 12.9. The fourth-order valence-corrected chi connectivity index (χ4v) is 2.94. The molecule has 0 aromatic heterocycles. The third-order valence-electron chi connectivity index (χ3n) is 4.62. The highest BCUT2D eigenvalue weighted by Gasteiger charge is 2.10. The molecule has 0 unspecified atom stereocenters. The zero-order chi connectivity index (χ0) is 19.8. The predicted molar refractivity (Wildman–Crippen MR) is 119 cm³/mol. The molecular weight excluding hydrogens is 352 g/mol. The highest BCUT2D eigenvalue weighted by Crippen LogP contribution is 2.26. The summed E-state index contributed by atoms with van der Waals surface area (Å²) >= 11 is 5.29. The van der Waals surface area contributed by atoms with Gasteiger partial charge in [-0.15, -0.1) is 0 Å². The van der Waals surface area contributed by atoms with Crippen LogP contribution >= 0.6 is 12.2 Å². The van der Waals surface area contributed by atoms with Crippen LogP contribution in [0, 0.1) is 0 Å². The second-order valence-corrected chi connectivity index (χ2v) is 7.40. The molecular formula is C23H28N2OS. The monoisotopic (exact) mass is 380 g/mol. The number of thiocarbonyl (C=S) groups is 1. The molecule has 0 aliphatic heterocycles. The molecule has 0 spiro atoms. The topological polar surface area (TPSA) is 41.1 Å². The molecule has 3 nitrogen and oxygen atoms in total. The van der Waals surface area contributed by atoms with E-state index in [1.54, 1.807) is 6.08 Å². The number of nitrogens with one attached hydrogen (secondary N) is 2. The van der Waals surface area contributed by atoms with Crippen LogP contribution in [0.2, 0.25) is 0 Å². The van der Waals surface area contributed by atoms with Crippen molar-refractivity contribution >= 4 is 35.0 Å². The third-order valence-corrected chi connectivity index (χ3v) is 4.82. The molecule has 27 heavy (non-hydrogen) atoms. The lowest BCUT2D eigenvalue weighted by Gasteiger charge is -2.16. The average molecular weight is 381 g/mol. The molecule has 0 bridgehead atoms. The van der Waals surface area contributed by atoms with E-state index in [0.717, 1.165) is 17.7 Å². The molecule has 0 aliphatic rings. The molecule has 0 heterocycles. The smallest absolute Gasteiger partial charge is 0.250 e. The molecule has 2 rings (SSSR count). The molecule has 2 aromatic carbocycles. The summed E-state index contributed by atoms with van der Waals surface area (Å²) in [5.41, 5.74) is 4.39. The zero-order valence-corrected chi connectivity index (χ0v) is 17.3. The summed E-state index contributed by atoms with van der Waals surface area (Å²) in [4.78, 5) is 12.1. The highest BCUT2D eigenvalue weighted by molar-refractivity contribution is 7.80. The Kier molecular flexibility index (Phi) is 7.74. The summed E-state index contributed by atoms with van der Waals surface area (Å²) in [5.74, 6) is 0.662. The summed E-state index contributed by atoms with van der Waals surface area (Å²) in [6, 6.07) is 16.2. The minimum Gasteiger partial charge on any atom is -0.332 e. The van der Waals surface area contributed by atoms with Gasteiger partial charge in [-0.25, -0.2) is 0 Å². The molecule has 0 aliphatic carbocycles. The zero-order valence-electron chi connectivity index (χ0n) is 16.5. The first-order valence-corrected chi connectivity index (χ1v) is 9.80. The molecule has 0 saturated heterocycles. The van der Waals surface area contributed by atoms with Gasteiger partial charge in [-0.1, -0.05) is 70.2 Å². The van der Waals surface area contributed by atoms with Gasteiger partial charge in [0.25, 0.3) is 0 Å². The van der Waals surface area contributed by atoms with Crippen molar-refractivity contribution in [1.29, 1.82) is 0 Å². The largest absolute Gasteiger partial charge is 0.332 e. The number of hydrogen-bond acceptors (Lipinski definition) is 2. The van der Waals surface area contributed by atoms with Gasteiger partial charge in [0, 0.05) is 11.8 Å². The molecule has 2 N–H and O–H groups in total. The molecule has 0 saturated carbocycles. The Labute approximate surface area is 167 Å². The number of rotatable bonds is 6. The predicted octanol–water partition coefficient (Wildman–Crippen LogP) is 5.85. The van der Waals surface area contributed by atoms with Gasteiger partial charge in [0.1, 0.15) is 0 Å². The molecule has 2 aromatic rings. The maximum atomic E-state index is 12.1. The lowest BCUT2D eigenvalue weighted by atomic mass is 9.97. The van der Waals surface area contributed by atoms with Gasteiger partial charge in [-0.3, -0.25) is 10.1 Å². The maximum absolute atomic E-state index is 12.1. The summed E-state index contributed by atoms with van der Waals surface area (Å²) < 4.78 is 0. The van der Waals surface area contributed by atoms with Gasteiger partial charge < -0.3 is 5.32 Å². The van der Waals surface area contributed by atoms with Gasteiger partial charge in [0.15, 0.2) is 5.11 Å². The minimum atomic E-state index is -0.249. The lowest BCUT2D eigenvalue weighted by molar-refractivity contribution is -0.115. The Hall–Kier alpha value is -2.46. The van der Waals surface area contributed by atoms with Crippen LogP contribution in [0.5, 0.6) is 0 Å². The fraction of sp³-hybridized carbons (Fsp3) is 0.304. The van der Waals surface area contributed by atoms with Gasteiger partial charge in [-0.05, 0) is 59.3 Å². The van der Waals surface area contributed by atoms with E-state index in [9.17, 15) is 4.79 Å². The number of hydrogen-bond donors (Lipinski definition) is 2. The third kappa shape index (κ3) is 6.33. The molecule has 1 atom stereocenters. The maximum Gasteiger partial charge on any atom is 0.250 e. The van der Waals surface area contributed by atoms with E-state index in [-0.39, 0.29) is 5.91 Å². The van der Waals surface area contributed by atoms with Crippen molar-refractivity contribution in [3.63, 3.8) is 0 Å². The van der Waals surface area contributed by atoms with Crippen LogP contribution in [0.4, 0.5) is 5.69 Å². The average Bonchev–Trinajstić information content (AvgIpc) is 2.66. The Morgan fingerprint density at radius 1 is 1.07 bits per heavy atom. The number of para-hydroxylation sites is 1. The van der Waals surface area contributed by atoms with Crippen LogP contribution in [0.15, 0.2) is 54.6 Å². The van der Waals surface area contributed by atoms with E-state index in [1.807, 2.05) is 30.3 Å². The van der Waals surface area contributed by atoms with Gasteiger partial charge in [0.2, 0.25) is 5.91 Å². The standard InChI is InChI=1S/C23H28N2OS/c1-5-17(4)20-8-6-7-9-21(20)24-23(27)25-22(26)15-12-18-10-13-19(14-11-18)16(2)3/h6-17H,5H2,1-4H3,(H2,24,25,26,27)/b15-12+/t17-/m1/s1. The van der Waals surface area contributed by atoms with E-state index in [0.29, 0.717) is 16.9 Å². The lowest BCUT2D eigenvalue weighted by Crippen LogP contribution is -2.33. The SMILES string of the molecule is CC[C@@H](C)c1ccccc1NC(=S)NC(=O)/C=C/c1ccc(C(C)C)cc1. The normalized spacial score (nSPS) is 12.2. The summed E-state index contributed by atoms with van der Waals surface area (Å²) in [6.45, 7) is 8.65. The molecule has 0 fully saturated rings. The van der Waals surface area contributed by atoms with Crippen molar-refractivity contribution in [2.45, 2.75) is 46.0 Å². The fourth-order valence-electron chi connectivity index (χ4n) is 2.73. The number of amides is 1. The van der Waals surface area contributed by atoms with E-state index in [1.165, 1.54) is 17.2 Å². The number of carbonyl (C=O) groups is 1. The highest BCUT2D eigenvalue weighted by atomic mass is 32.1. The van der Waals surface area contributed by atoms with Crippen molar-refractivity contribution in [2.75, 3.05) is 5.32 Å². The van der Waals surface area contributed by atoms with Crippen molar-refractivity contribution in [3.8, 4) is 0 Å². The van der Waals surface area contributed by atoms with Crippen molar-refractivity contribution in [3.05, 3.63) is 71.3 Å². The Morgan fingerprint density at radius 3 is 2.37 bits per heavy atom. The van der Waals surface area contributed by atoms with Crippen LogP contribution in [0.3, 0.4) is 0 Å². The first kappa shape index (κ1) is 20.8. The van der Waals surface area contributed by atoms with Gasteiger partial charge in [-0.2, -0.15) is 0 Å². The number of anilines is 1. The summed E-state index contributed by atoms with van der Waals surface area (Å²) in [5, 5.41) is 6.15. The summed E-state index contributed by atoms with van der Waals surface area (Å²) in [6.07, 6.45) is 4.32. The van der Waals surface area contributed by atoms with Crippen LogP contribution in [0.1, 0.15) is 62.6 Å². The summed E-state index contributed by atoms with van der Waals surface area (Å²) in [7, 11) is 0. The van der Waals surface area contributed by atoms with Crippen LogP contribution in [-0.4, -0.2) is 11.0 Å². The van der Waals surface area contributed by atoms with Crippen molar-refractivity contribution < 1.29 is 4.79 Å². The molecule has 4 heteroatoms. The Bertz CT molecular complexity index is 809. The molecule has 142 valence electrons. The van der Waals surface area contributed by atoms with Crippen molar-refractivity contribution in [1.82, 2.24) is 5.32 Å². The second-order valence-electron chi connectivity index (χ2n) is 6.99.